The lowest BCUT2D eigenvalue weighted by Crippen LogP contribution is -2.45. The number of nitrogens with zero attached hydrogens (tertiary/aromatic N) is 2. The summed E-state index contributed by atoms with van der Waals surface area (Å²) in [5.41, 5.74) is 1.19. The van der Waals surface area contributed by atoms with Crippen LogP contribution in [0.25, 0.3) is 0 Å². The number of carbonyl (C=O) groups is 1. The Morgan fingerprint density at radius 2 is 1.87 bits per heavy atom. The molecule has 0 saturated heterocycles. The lowest BCUT2D eigenvalue weighted by Gasteiger charge is -2.33. The summed E-state index contributed by atoms with van der Waals surface area (Å²) in [6.45, 7) is 5.54. The maximum atomic E-state index is 11.4. The van der Waals surface area contributed by atoms with Crippen molar-refractivity contribution in [2.45, 2.75) is 45.6 Å². The van der Waals surface area contributed by atoms with E-state index < -0.39 is 17.5 Å². The molecule has 2 rings (SSSR count). The highest BCUT2D eigenvalue weighted by Gasteiger charge is 2.27. The fourth-order valence-corrected chi connectivity index (χ4v) is 2.36. The Kier molecular flexibility index (Phi) is 4.88. The quantitative estimate of drug-likeness (QED) is 0.909. The Bertz CT molecular complexity index is 709. The van der Waals surface area contributed by atoms with Crippen molar-refractivity contribution in [3.63, 3.8) is 0 Å². The Hall–Kier alpha value is -2.57. The van der Waals surface area contributed by atoms with Crippen molar-refractivity contribution < 1.29 is 18.8 Å². The van der Waals surface area contributed by atoms with Gasteiger partial charge in [-0.3, -0.25) is 9.42 Å². The summed E-state index contributed by atoms with van der Waals surface area (Å²) in [7, 11) is 0. The molecule has 0 atom stereocenters. The number of hydrogen-bond donors (Lipinski definition) is 1. The summed E-state index contributed by atoms with van der Waals surface area (Å²) in [4.78, 5) is 23.5. The van der Waals surface area contributed by atoms with Gasteiger partial charge in [0.25, 0.3) is 0 Å². The van der Waals surface area contributed by atoms with Gasteiger partial charge in [-0.15, -0.1) is 0 Å². The first-order valence-electron chi connectivity index (χ1n) is 7.35. The summed E-state index contributed by atoms with van der Waals surface area (Å²) < 4.78 is 9.06. The molecule has 7 heteroatoms. The minimum atomic E-state index is -0.980. The van der Waals surface area contributed by atoms with E-state index in [1.165, 1.54) is 4.90 Å². The van der Waals surface area contributed by atoms with Crippen molar-refractivity contribution in [3.05, 3.63) is 46.3 Å². The monoisotopic (exact) mass is 320 g/mol. The van der Waals surface area contributed by atoms with Gasteiger partial charge in [0.2, 0.25) is 5.89 Å². The molecular formula is C16H20N2O5. The predicted molar refractivity (Wildman–Crippen MR) is 83.8 cm³/mol. The SMILES string of the molecule is CC(C)(C)N(C(=O)O)c1ccc(CCCc2noc(=O)o2)cc1. The molecule has 0 bridgehead atoms. The number of aryl methyl sites for hydroxylation is 2. The lowest BCUT2D eigenvalue weighted by molar-refractivity contribution is 0.195. The summed E-state index contributed by atoms with van der Waals surface area (Å²) in [5.74, 6) is -0.503. The normalized spacial score (nSPS) is 11.4. The zero-order valence-electron chi connectivity index (χ0n) is 13.4. The second-order valence-corrected chi connectivity index (χ2v) is 6.24. The smallest absolute Gasteiger partial charge is 0.465 e. The molecule has 1 N–H and O–H groups in total. The van der Waals surface area contributed by atoms with Crippen molar-refractivity contribution in [1.29, 1.82) is 0 Å². The van der Waals surface area contributed by atoms with Crippen molar-refractivity contribution in [2.24, 2.45) is 0 Å². The third-order valence-electron chi connectivity index (χ3n) is 3.34. The predicted octanol–water partition coefficient (Wildman–Crippen LogP) is 3.09. The van der Waals surface area contributed by atoms with Crippen LogP contribution in [0.4, 0.5) is 10.5 Å². The first-order chi connectivity index (χ1) is 10.8. The highest BCUT2D eigenvalue weighted by atomic mass is 16.6. The van der Waals surface area contributed by atoms with Gasteiger partial charge in [0.05, 0.1) is 0 Å². The Labute approximate surface area is 133 Å². The van der Waals surface area contributed by atoms with Crippen molar-refractivity contribution in [3.8, 4) is 0 Å². The van der Waals surface area contributed by atoms with Gasteiger partial charge in [0, 0.05) is 17.6 Å². The molecule has 0 aliphatic rings. The van der Waals surface area contributed by atoms with Crippen LogP contribution < -0.4 is 10.7 Å². The number of anilines is 1. The highest BCUT2D eigenvalue weighted by molar-refractivity contribution is 5.87. The summed E-state index contributed by atoms with van der Waals surface area (Å²) in [6.07, 6.45) is 1.04. The number of hydrogen-bond acceptors (Lipinski definition) is 5. The van der Waals surface area contributed by atoms with Crippen molar-refractivity contribution in [2.75, 3.05) is 4.90 Å². The van der Waals surface area contributed by atoms with Crippen molar-refractivity contribution in [1.82, 2.24) is 5.16 Å². The van der Waals surface area contributed by atoms with E-state index in [1.54, 1.807) is 12.1 Å². The molecule has 1 amide bonds. The molecule has 0 spiro atoms. The molecule has 1 aromatic carbocycles. The average molecular weight is 320 g/mol. The molecule has 0 aliphatic heterocycles. The third-order valence-corrected chi connectivity index (χ3v) is 3.34. The van der Waals surface area contributed by atoms with Crippen LogP contribution >= 0.6 is 0 Å². The van der Waals surface area contributed by atoms with Gasteiger partial charge in [0.1, 0.15) is 0 Å². The first kappa shape index (κ1) is 16.8. The number of benzene rings is 1. The molecule has 1 heterocycles. The fraction of sp³-hybridized carbons (Fsp3) is 0.438. The van der Waals surface area contributed by atoms with Crippen LogP contribution in [0.3, 0.4) is 0 Å². The maximum absolute atomic E-state index is 11.4. The number of carboxylic acid groups (broad SMARTS) is 1. The first-order valence-corrected chi connectivity index (χ1v) is 7.35. The fourth-order valence-electron chi connectivity index (χ4n) is 2.36. The van der Waals surface area contributed by atoms with Crippen LogP contribution in [0.5, 0.6) is 0 Å². The van der Waals surface area contributed by atoms with Gasteiger partial charge < -0.3 is 9.52 Å². The van der Waals surface area contributed by atoms with E-state index in [1.807, 2.05) is 32.9 Å². The highest BCUT2D eigenvalue weighted by Crippen LogP contribution is 2.24. The second-order valence-electron chi connectivity index (χ2n) is 6.24. The molecule has 2 aromatic rings. The van der Waals surface area contributed by atoms with Crippen LogP contribution in [0.2, 0.25) is 0 Å². The van der Waals surface area contributed by atoms with E-state index in [4.69, 9.17) is 4.42 Å². The van der Waals surface area contributed by atoms with E-state index in [0.717, 1.165) is 18.4 Å². The average Bonchev–Trinajstić information content (AvgIpc) is 2.84. The molecule has 124 valence electrons. The molecule has 0 saturated carbocycles. The third kappa shape index (κ3) is 4.45. The lowest BCUT2D eigenvalue weighted by atomic mass is 10.0. The van der Waals surface area contributed by atoms with E-state index in [9.17, 15) is 14.7 Å². The molecule has 1 aromatic heterocycles. The van der Waals surface area contributed by atoms with Crippen LogP contribution in [0, 0.1) is 0 Å². The van der Waals surface area contributed by atoms with Gasteiger partial charge in [-0.2, -0.15) is 0 Å². The molecule has 0 fully saturated rings. The maximum Gasteiger partial charge on any atom is 0.542 e. The number of aromatic nitrogens is 1. The molecule has 7 nitrogen and oxygen atoms in total. The van der Waals surface area contributed by atoms with E-state index in [2.05, 4.69) is 9.68 Å². The van der Waals surface area contributed by atoms with Gasteiger partial charge in [-0.25, -0.2) is 9.59 Å². The second kappa shape index (κ2) is 6.68. The summed E-state index contributed by atoms with van der Waals surface area (Å²) >= 11 is 0. The van der Waals surface area contributed by atoms with Crippen LogP contribution in [0.1, 0.15) is 38.6 Å². The van der Waals surface area contributed by atoms with Crippen LogP contribution in [0.15, 0.2) is 38.0 Å². The van der Waals surface area contributed by atoms with E-state index >= 15 is 0 Å². The summed E-state index contributed by atoms with van der Waals surface area (Å²) in [5, 5.41) is 12.9. The van der Waals surface area contributed by atoms with Crippen LogP contribution in [-0.2, 0) is 12.8 Å². The molecular weight excluding hydrogens is 300 g/mol. The minimum Gasteiger partial charge on any atom is -0.465 e. The van der Waals surface area contributed by atoms with Crippen LogP contribution in [-0.4, -0.2) is 21.9 Å². The van der Waals surface area contributed by atoms with Gasteiger partial charge in [-0.1, -0.05) is 12.1 Å². The Morgan fingerprint density at radius 3 is 2.35 bits per heavy atom. The number of rotatable bonds is 5. The summed E-state index contributed by atoms with van der Waals surface area (Å²) in [6, 6.07) is 7.39. The zero-order chi connectivity index (χ0) is 17.0. The molecule has 23 heavy (non-hydrogen) atoms. The Balaban J connectivity index is 1.98. The van der Waals surface area contributed by atoms with Gasteiger partial charge >= 0.3 is 11.9 Å². The van der Waals surface area contributed by atoms with Gasteiger partial charge in [0.15, 0.2) is 0 Å². The number of amides is 1. The topological polar surface area (TPSA) is 96.8 Å². The van der Waals surface area contributed by atoms with E-state index in [0.29, 0.717) is 12.1 Å². The molecule has 0 unspecified atom stereocenters. The van der Waals surface area contributed by atoms with Gasteiger partial charge in [-0.05, 0) is 56.5 Å². The minimum absolute atomic E-state index is 0.288. The standard InChI is InChI=1S/C16H20N2O5/c1-16(2,3)18(14(19)20)12-9-7-11(8-10-12)5-4-6-13-17-23-15(21)22-13/h7-10H,4-6H2,1-3H3,(H,19,20). The zero-order valence-corrected chi connectivity index (χ0v) is 13.4. The molecule has 0 radical (unpaired) electrons. The Morgan fingerprint density at radius 1 is 1.22 bits per heavy atom. The van der Waals surface area contributed by atoms with E-state index in [-0.39, 0.29) is 5.89 Å². The molecule has 0 aliphatic carbocycles. The largest absolute Gasteiger partial charge is 0.542 e. The van der Waals surface area contributed by atoms with Crippen molar-refractivity contribution >= 4 is 11.8 Å².